The smallest absolute Gasteiger partial charge is 0.245 e. The summed E-state index contributed by atoms with van der Waals surface area (Å²) in [6.45, 7) is 8.50. The molecule has 78 heavy (non-hydrogen) atoms. The van der Waals surface area contributed by atoms with Crippen LogP contribution in [0.25, 0.3) is 10.9 Å². The van der Waals surface area contributed by atoms with Crippen molar-refractivity contribution in [2.75, 3.05) is 13.1 Å². The van der Waals surface area contributed by atoms with E-state index in [1.165, 1.54) is 36.5 Å². The standard InChI is InChI=1S/C54H75N13O11/c1-30(2)22-41(48(56)72)64-52(76)42(23-31(3)4)65-53(77)44(25-35-27-57-29-59-35)62-47(71)28-67-21-9-8-12-40(54(67)78)63-49(73)32(5)60-51(75)43(24-34-26-58-38-11-7-6-10-37(34)38)66-50(74)39(18-19-45(55)69)61-46(70)20-15-33-13-16-36(68)17-14-33/h6-7,10-11,13-14,16-17,26-27,29-32,39-44,58,68H,8-9,12,15,18-25,28H2,1-5H3,(H2,55,69)(H2,56,72)(H,57,59)(H,60,75)(H,61,70)(H,62,71)(H,63,73)(H,64,76)(H,65,77)(H,66,74)/t32-,39-,40-,41-,42-,43-,44-/m0/s1. The molecule has 1 saturated heterocycles. The largest absolute Gasteiger partial charge is 0.508 e. The molecule has 24 nitrogen and oxygen atoms in total. The summed E-state index contributed by atoms with van der Waals surface area (Å²) in [5, 5.41) is 29.2. The minimum Gasteiger partial charge on any atom is -0.508 e. The Bertz CT molecular complexity index is 2730. The van der Waals surface area contributed by atoms with Crippen molar-refractivity contribution in [2.24, 2.45) is 23.3 Å². The molecule has 1 aliphatic heterocycles. The molecular formula is C54H75N13O11. The highest BCUT2D eigenvalue weighted by Crippen LogP contribution is 2.20. The Balaban J connectivity index is 1.25. The molecule has 0 unspecified atom stereocenters. The van der Waals surface area contributed by atoms with E-state index >= 15 is 0 Å². The monoisotopic (exact) mass is 1080 g/mol. The molecule has 24 heteroatoms. The summed E-state index contributed by atoms with van der Waals surface area (Å²) in [5.74, 6) is -6.87. The molecule has 4 aromatic rings. The molecule has 14 N–H and O–H groups in total. The van der Waals surface area contributed by atoms with Gasteiger partial charge in [0.05, 0.1) is 12.9 Å². The lowest BCUT2D eigenvalue weighted by atomic mass is 9.99. The van der Waals surface area contributed by atoms with Gasteiger partial charge in [0.1, 0.15) is 48.0 Å². The molecule has 3 heterocycles. The highest BCUT2D eigenvalue weighted by atomic mass is 16.3. The fraction of sp³-hybridized carbons (Fsp3) is 0.500. The summed E-state index contributed by atoms with van der Waals surface area (Å²) < 4.78 is 0. The van der Waals surface area contributed by atoms with Gasteiger partial charge in [0, 0.05) is 61.2 Å². The summed E-state index contributed by atoms with van der Waals surface area (Å²) >= 11 is 0. The van der Waals surface area contributed by atoms with Crippen LogP contribution in [0.4, 0.5) is 0 Å². The number of carbonyl (C=O) groups excluding carboxylic acids is 10. The maximum absolute atomic E-state index is 14.2. The number of benzene rings is 2. The number of primary amides is 2. The summed E-state index contributed by atoms with van der Waals surface area (Å²) in [7, 11) is 0. The van der Waals surface area contributed by atoms with E-state index in [9.17, 15) is 53.1 Å². The van der Waals surface area contributed by atoms with Crippen molar-refractivity contribution in [3.8, 4) is 5.75 Å². The molecule has 0 spiro atoms. The second kappa shape index (κ2) is 29.3. The van der Waals surface area contributed by atoms with Crippen molar-refractivity contribution < 1.29 is 53.1 Å². The number of fused-ring (bicyclic) bond motifs is 1. The molecule has 10 amide bonds. The minimum atomic E-state index is -1.33. The van der Waals surface area contributed by atoms with E-state index in [0.29, 0.717) is 24.1 Å². The first-order chi connectivity index (χ1) is 37.1. The fourth-order valence-electron chi connectivity index (χ4n) is 9.02. The van der Waals surface area contributed by atoms with E-state index in [1.54, 1.807) is 24.4 Å². The number of nitrogens with two attached hydrogens (primary N) is 2. The third-order valence-corrected chi connectivity index (χ3v) is 13.2. The van der Waals surface area contributed by atoms with Gasteiger partial charge < -0.3 is 68.7 Å². The van der Waals surface area contributed by atoms with Crippen LogP contribution < -0.4 is 48.7 Å². The molecule has 7 atom stereocenters. The van der Waals surface area contributed by atoms with Gasteiger partial charge in [-0.2, -0.15) is 0 Å². The van der Waals surface area contributed by atoms with E-state index in [2.05, 4.69) is 52.2 Å². The average molecular weight is 1080 g/mol. The van der Waals surface area contributed by atoms with Gasteiger partial charge in [-0.15, -0.1) is 0 Å². The minimum absolute atomic E-state index is 0.0281. The van der Waals surface area contributed by atoms with Crippen molar-refractivity contribution >= 4 is 70.0 Å². The number of phenolic OH excluding ortho intramolecular Hbond substituents is 1. The lowest BCUT2D eigenvalue weighted by Gasteiger charge is -2.28. The number of aromatic amines is 2. The molecule has 422 valence electrons. The van der Waals surface area contributed by atoms with Crippen molar-refractivity contribution in [2.45, 2.75) is 148 Å². The number of nitrogens with zero attached hydrogens (tertiary/aromatic N) is 2. The van der Waals surface area contributed by atoms with Gasteiger partial charge in [0.25, 0.3) is 0 Å². The summed E-state index contributed by atoms with van der Waals surface area (Å²) in [6, 6.07) is 5.26. The Morgan fingerprint density at radius 3 is 1.97 bits per heavy atom. The maximum Gasteiger partial charge on any atom is 0.245 e. The van der Waals surface area contributed by atoms with Gasteiger partial charge in [-0.3, -0.25) is 47.9 Å². The van der Waals surface area contributed by atoms with E-state index < -0.39 is 108 Å². The first kappa shape index (κ1) is 60.6. The Labute approximate surface area is 452 Å². The Morgan fingerprint density at radius 1 is 0.692 bits per heavy atom. The van der Waals surface area contributed by atoms with Crippen molar-refractivity contribution in [3.63, 3.8) is 0 Å². The fourth-order valence-corrected chi connectivity index (χ4v) is 9.02. The number of carbonyl (C=O) groups is 10. The van der Waals surface area contributed by atoms with Crippen molar-refractivity contribution in [1.82, 2.24) is 57.1 Å². The molecule has 1 fully saturated rings. The van der Waals surface area contributed by atoms with Crippen LogP contribution in [-0.4, -0.2) is 139 Å². The predicted molar refractivity (Wildman–Crippen MR) is 287 cm³/mol. The third-order valence-electron chi connectivity index (χ3n) is 13.2. The van der Waals surface area contributed by atoms with Gasteiger partial charge in [-0.05, 0) is 93.0 Å². The van der Waals surface area contributed by atoms with Crippen LogP contribution in [0.5, 0.6) is 5.75 Å². The zero-order valence-electron chi connectivity index (χ0n) is 44.8. The second-order valence-electron chi connectivity index (χ2n) is 20.6. The Hall–Kier alpha value is -8.31. The predicted octanol–water partition coefficient (Wildman–Crippen LogP) is 0.284. The quantitative estimate of drug-likeness (QED) is 0.0349. The Kier molecular flexibility index (Phi) is 22.7. The molecular weight excluding hydrogens is 1010 g/mol. The van der Waals surface area contributed by atoms with Crippen LogP contribution >= 0.6 is 0 Å². The normalized spacial score (nSPS) is 15.9. The number of nitrogens with one attached hydrogen (secondary N) is 9. The van der Waals surface area contributed by atoms with Crippen molar-refractivity contribution in [3.05, 3.63) is 84.1 Å². The first-order valence-electron chi connectivity index (χ1n) is 26.3. The van der Waals surface area contributed by atoms with Gasteiger partial charge in [-0.1, -0.05) is 58.0 Å². The van der Waals surface area contributed by atoms with Crippen LogP contribution in [-0.2, 0) is 67.2 Å². The number of para-hydroxylation sites is 1. The van der Waals surface area contributed by atoms with Crippen LogP contribution in [0.1, 0.15) is 103 Å². The van der Waals surface area contributed by atoms with Gasteiger partial charge in [0.15, 0.2) is 0 Å². The number of H-pyrrole nitrogens is 2. The molecule has 0 bridgehead atoms. The number of likely N-dealkylation sites (tertiary alicyclic amines) is 1. The maximum atomic E-state index is 14.2. The summed E-state index contributed by atoms with van der Waals surface area (Å²) in [4.78, 5) is 146. The van der Waals surface area contributed by atoms with E-state index in [1.807, 2.05) is 45.9 Å². The topological polar surface area (TPSA) is 375 Å². The second-order valence-corrected chi connectivity index (χ2v) is 20.6. The lowest BCUT2D eigenvalue weighted by Crippen LogP contribution is -2.59. The van der Waals surface area contributed by atoms with Crippen LogP contribution in [0.15, 0.2) is 67.3 Å². The van der Waals surface area contributed by atoms with E-state index in [0.717, 1.165) is 16.5 Å². The van der Waals surface area contributed by atoms with Crippen LogP contribution in [0, 0.1) is 11.8 Å². The Morgan fingerprint density at radius 2 is 1.31 bits per heavy atom. The van der Waals surface area contributed by atoms with E-state index in [4.69, 9.17) is 11.5 Å². The molecule has 5 rings (SSSR count). The number of aromatic hydroxyl groups is 1. The van der Waals surface area contributed by atoms with Crippen LogP contribution in [0.3, 0.4) is 0 Å². The molecule has 0 saturated carbocycles. The summed E-state index contributed by atoms with van der Waals surface area (Å²) in [5.41, 5.74) is 13.7. The molecule has 0 aliphatic carbocycles. The molecule has 1 aliphatic rings. The number of hydrogen-bond acceptors (Lipinski definition) is 12. The zero-order valence-corrected chi connectivity index (χ0v) is 44.8. The first-order valence-corrected chi connectivity index (χ1v) is 26.3. The average Bonchev–Trinajstić information content (AvgIpc) is 4.03. The molecule has 2 aromatic heterocycles. The molecule has 0 radical (unpaired) electrons. The number of aryl methyl sites for hydroxylation is 1. The van der Waals surface area contributed by atoms with Gasteiger partial charge in [0.2, 0.25) is 59.1 Å². The number of aromatic nitrogens is 3. The number of hydrogen-bond donors (Lipinski definition) is 12. The number of imidazole rings is 1. The van der Waals surface area contributed by atoms with Crippen LogP contribution in [0.2, 0.25) is 0 Å². The third kappa shape index (κ3) is 19.1. The van der Waals surface area contributed by atoms with Gasteiger partial charge >= 0.3 is 0 Å². The zero-order chi connectivity index (χ0) is 57.1. The number of phenols is 1. The number of rotatable bonds is 29. The van der Waals surface area contributed by atoms with Crippen molar-refractivity contribution in [1.29, 1.82) is 0 Å². The van der Waals surface area contributed by atoms with Gasteiger partial charge in [-0.25, -0.2) is 4.98 Å². The lowest BCUT2D eigenvalue weighted by molar-refractivity contribution is -0.140. The number of amides is 10. The molecule has 2 aromatic carbocycles. The highest BCUT2D eigenvalue weighted by molar-refractivity contribution is 5.98. The summed E-state index contributed by atoms with van der Waals surface area (Å²) in [6.07, 6.45) is 5.85. The highest BCUT2D eigenvalue weighted by Gasteiger charge is 2.35. The SMILES string of the molecule is CC(C)C[C@H](NC(=O)[C@H](CC(C)C)NC(=O)[C@H](Cc1cnc[nH]1)NC(=O)CN1CCCC[C@H](NC(=O)[C@H](C)NC(=O)[C@H](Cc2c[nH]c3ccccc23)NC(=O)[C@H](CCC(N)=O)NC(=O)CCc2ccc(O)cc2)C1=O)C(N)=O. The van der Waals surface area contributed by atoms with E-state index in [-0.39, 0.29) is 81.9 Å².